The van der Waals surface area contributed by atoms with Crippen molar-refractivity contribution in [1.29, 1.82) is 0 Å². The van der Waals surface area contributed by atoms with E-state index in [1.807, 2.05) is 13.8 Å². The lowest BCUT2D eigenvalue weighted by molar-refractivity contribution is 0.272. The van der Waals surface area contributed by atoms with E-state index in [0.29, 0.717) is 4.47 Å². The van der Waals surface area contributed by atoms with Crippen molar-refractivity contribution >= 4 is 36.0 Å². The maximum Gasteiger partial charge on any atom is 0.244 e. The molecule has 0 spiro atoms. The van der Waals surface area contributed by atoms with Crippen LogP contribution in [0.1, 0.15) is 11.1 Å². The highest BCUT2D eigenvalue weighted by Crippen LogP contribution is 2.27. The van der Waals surface area contributed by atoms with Crippen LogP contribution in [0, 0.1) is 13.8 Å². The molecule has 0 radical (unpaired) electrons. The van der Waals surface area contributed by atoms with Crippen LogP contribution in [0.5, 0.6) is 0 Å². The number of aryl methyl sites for hydroxylation is 2. The van der Waals surface area contributed by atoms with E-state index >= 15 is 0 Å². The van der Waals surface area contributed by atoms with Crippen molar-refractivity contribution in [3.63, 3.8) is 0 Å². The normalized spacial score (nSPS) is 17.1. The molecule has 0 bridgehead atoms. The molecule has 0 aliphatic carbocycles. The summed E-state index contributed by atoms with van der Waals surface area (Å²) in [6.45, 7) is 4.28. The summed E-state index contributed by atoms with van der Waals surface area (Å²) < 4.78 is 54.6. The number of halogens is 1. The van der Waals surface area contributed by atoms with Gasteiger partial charge < -0.3 is 0 Å². The molecular weight excluding hydrogens is 452 g/mol. The number of nitrogens with zero attached hydrogens (tertiary/aromatic N) is 2. The molecule has 0 unspecified atom stereocenters. The van der Waals surface area contributed by atoms with Gasteiger partial charge in [0.2, 0.25) is 20.0 Å². The van der Waals surface area contributed by atoms with Crippen LogP contribution in [0.25, 0.3) is 0 Å². The molecule has 1 aliphatic heterocycles. The molecule has 1 saturated heterocycles. The van der Waals surface area contributed by atoms with Crippen LogP contribution in [0.4, 0.5) is 0 Å². The Labute approximate surface area is 169 Å². The van der Waals surface area contributed by atoms with Crippen LogP contribution in [-0.2, 0) is 20.0 Å². The minimum atomic E-state index is -3.67. The van der Waals surface area contributed by atoms with Gasteiger partial charge in [0, 0.05) is 30.7 Å². The second-order valence-electron chi connectivity index (χ2n) is 6.48. The Morgan fingerprint density at radius 3 is 1.89 bits per heavy atom. The van der Waals surface area contributed by atoms with Crippen molar-refractivity contribution in [2.24, 2.45) is 0 Å². The lowest BCUT2D eigenvalue weighted by Gasteiger charge is -2.33. The molecule has 6 nitrogen and oxygen atoms in total. The lowest BCUT2D eigenvalue weighted by atomic mass is 10.1. The quantitative estimate of drug-likeness (QED) is 0.685. The Morgan fingerprint density at radius 1 is 0.778 bits per heavy atom. The highest BCUT2D eigenvalue weighted by Gasteiger charge is 2.34. The van der Waals surface area contributed by atoms with Gasteiger partial charge in [0.25, 0.3) is 0 Å². The summed E-state index contributed by atoms with van der Waals surface area (Å²) in [7, 11) is -7.31. The van der Waals surface area contributed by atoms with Crippen molar-refractivity contribution < 1.29 is 16.8 Å². The average Bonchev–Trinajstić information content (AvgIpc) is 2.64. The van der Waals surface area contributed by atoms with E-state index < -0.39 is 20.0 Å². The lowest BCUT2D eigenvalue weighted by Crippen LogP contribution is -2.50. The average molecular weight is 473 g/mol. The second-order valence-corrected chi connectivity index (χ2v) is 11.2. The summed E-state index contributed by atoms with van der Waals surface area (Å²) in [5, 5.41) is 0. The first kappa shape index (κ1) is 20.5. The molecule has 1 fully saturated rings. The second kappa shape index (κ2) is 7.63. The summed E-state index contributed by atoms with van der Waals surface area (Å²) in [5.74, 6) is 0. The van der Waals surface area contributed by atoms with E-state index in [9.17, 15) is 16.8 Å². The van der Waals surface area contributed by atoms with Crippen molar-refractivity contribution in [3.05, 3.63) is 58.1 Å². The maximum absolute atomic E-state index is 12.9. The van der Waals surface area contributed by atoms with Crippen LogP contribution >= 0.6 is 15.9 Å². The molecule has 1 aliphatic rings. The molecule has 0 atom stereocenters. The third-order valence-corrected chi connectivity index (χ3v) is 9.57. The highest BCUT2D eigenvalue weighted by atomic mass is 79.9. The predicted octanol–water partition coefficient (Wildman–Crippen LogP) is 2.76. The first-order valence-corrected chi connectivity index (χ1v) is 12.1. The molecule has 0 N–H and O–H groups in total. The standard InChI is InChI=1S/C18H21BrN2O4S2/c1-14-7-8-16(13-15(14)2)26(22,23)20-9-11-21(12-10-20)27(24,25)18-6-4-3-5-17(18)19/h3-8,13H,9-12H2,1-2H3. The summed E-state index contributed by atoms with van der Waals surface area (Å²) >= 11 is 3.27. The van der Waals surface area contributed by atoms with Crippen molar-refractivity contribution in [2.75, 3.05) is 26.2 Å². The van der Waals surface area contributed by atoms with E-state index in [2.05, 4.69) is 15.9 Å². The molecule has 1 heterocycles. The SMILES string of the molecule is Cc1ccc(S(=O)(=O)N2CCN(S(=O)(=O)c3ccccc3Br)CC2)cc1C. The van der Waals surface area contributed by atoms with Crippen LogP contribution in [0.15, 0.2) is 56.7 Å². The van der Waals surface area contributed by atoms with Gasteiger partial charge in [-0.1, -0.05) is 18.2 Å². The molecule has 0 saturated carbocycles. The van der Waals surface area contributed by atoms with E-state index in [1.165, 1.54) is 14.7 Å². The van der Waals surface area contributed by atoms with Gasteiger partial charge in [0.1, 0.15) is 0 Å². The fourth-order valence-electron chi connectivity index (χ4n) is 2.97. The molecule has 3 rings (SSSR count). The fraction of sp³-hybridized carbons (Fsp3) is 0.333. The topological polar surface area (TPSA) is 74.8 Å². The first-order valence-electron chi connectivity index (χ1n) is 8.46. The van der Waals surface area contributed by atoms with Crippen LogP contribution < -0.4 is 0 Å². The van der Waals surface area contributed by atoms with Gasteiger partial charge in [-0.15, -0.1) is 0 Å². The van der Waals surface area contributed by atoms with Gasteiger partial charge in [0.05, 0.1) is 9.79 Å². The number of benzene rings is 2. The summed E-state index contributed by atoms with van der Waals surface area (Å²) in [6, 6.07) is 11.7. The number of hydrogen-bond acceptors (Lipinski definition) is 4. The van der Waals surface area contributed by atoms with E-state index in [4.69, 9.17) is 0 Å². The van der Waals surface area contributed by atoms with Gasteiger partial charge in [-0.3, -0.25) is 0 Å². The minimum Gasteiger partial charge on any atom is -0.207 e. The van der Waals surface area contributed by atoms with E-state index in [0.717, 1.165) is 11.1 Å². The van der Waals surface area contributed by atoms with Crippen molar-refractivity contribution in [1.82, 2.24) is 8.61 Å². The maximum atomic E-state index is 12.9. The Morgan fingerprint density at radius 2 is 1.33 bits per heavy atom. The minimum absolute atomic E-state index is 0.119. The van der Waals surface area contributed by atoms with E-state index in [1.54, 1.807) is 36.4 Å². The van der Waals surface area contributed by atoms with Gasteiger partial charge in [-0.25, -0.2) is 16.8 Å². The zero-order valence-corrected chi connectivity index (χ0v) is 18.3. The molecule has 2 aromatic carbocycles. The zero-order valence-electron chi connectivity index (χ0n) is 15.1. The molecule has 27 heavy (non-hydrogen) atoms. The van der Waals surface area contributed by atoms with Crippen molar-refractivity contribution in [3.8, 4) is 0 Å². The van der Waals surface area contributed by atoms with Gasteiger partial charge >= 0.3 is 0 Å². The Balaban J connectivity index is 1.79. The molecule has 9 heteroatoms. The molecule has 0 aromatic heterocycles. The molecular formula is C18H21BrN2O4S2. The van der Waals surface area contributed by atoms with Crippen LogP contribution in [0.2, 0.25) is 0 Å². The monoisotopic (exact) mass is 472 g/mol. The largest absolute Gasteiger partial charge is 0.244 e. The first-order chi connectivity index (χ1) is 12.6. The molecule has 146 valence electrons. The smallest absolute Gasteiger partial charge is 0.207 e. The van der Waals surface area contributed by atoms with Gasteiger partial charge in [-0.2, -0.15) is 8.61 Å². The molecule has 0 amide bonds. The number of piperazine rings is 1. The third-order valence-electron chi connectivity index (χ3n) is 4.77. The van der Waals surface area contributed by atoms with Gasteiger partial charge in [-0.05, 0) is 65.2 Å². The molecule has 2 aromatic rings. The zero-order chi connectivity index (χ0) is 19.8. The number of sulfonamides is 2. The summed E-state index contributed by atoms with van der Waals surface area (Å²) in [6.07, 6.45) is 0. The Hall–Kier alpha value is -1.26. The third kappa shape index (κ3) is 3.97. The highest BCUT2D eigenvalue weighted by molar-refractivity contribution is 9.10. The number of rotatable bonds is 4. The Bertz CT molecular complexity index is 1060. The predicted molar refractivity (Wildman–Crippen MR) is 108 cm³/mol. The summed E-state index contributed by atoms with van der Waals surface area (Å²) in [5.41, 5.74) is 1.93. The number of hydrogen-bond donors (Lipinski definition) is 0. The van der Waals surface area contributed by atoms with Crippen molar-refractivity contribution in [2.45, 2.75) is 23.6 Å². The van der Waals surface area contributed by atoms with Crippen LogP contribution in [-0.4, -0.2) is 51.6 Å². The summed E-state index contributed by atoms with van der Waals surface area (Å²) in [4.78, 5) is 0.433. The van der Waals surface area contributed by atoms with E-state index in [-0.39, 0.29) is 36.0 Å². The fourth-order valence-corrected chi connectivity index (χ4v) is 6.86. The Kier molecular flexibility index (Phi) is 5.79. The van der Waals surface area contributed by atoms with Crippen LogP contribution in [0.3, 0.4) is 0 Å². The van der Waals surface area contributed by atoms with Gasteiger partial charge in [0.15, 0.2) is 0 Å².